The molecule has 2 aromatic rings. The molecule has 0 saturated carbocycles. The predicted molar refractivity (Wildman–Crippen MR) is 99.3 cm³/mol. The molecule has 24 heavy (non-hydrogen) atoms. The number of carbonyl (C=O) groups excluding carboxylic acids is 1. The highest BCUT2D eigenvalue weighted by atomic mass is 32.1. The second kappa shape index (κ2) is 7.77. The molecule has 0 bridgehead atoms. The van der Waals surface area contributed by atoms with Crippen molar-refractivity contribution in [2.45, 2.75) is 25.4 Å². The van der Waals surface area contributed by atoms with Crippen LogP contribution in [0, 0.1) is 0 Å². The molecule has 1 saturated heterocycles. The van der Waals surface area contributed by atoms with Gasteiger partial charge in [-0.3, -0.25) is 4.90 Å². The van der Waals surface area contributed by atoms with Gasteiger partial charge in [0.25, 0.3) is 0 Å². The van der Waals surface area contributed by atoms with Crippen LogP contribution in [0.5, 0.6) is 0 Å². The summed E-state index contributed by atoms with van der Waals surface area (Å²) in [5.41, 5.74) is 1.00. The summed E-state index contributed by atoms with van der Waals surface area (Å²) >= 11 is 1.65. The van der Waals surface area contributed by atoms with Crippen molar-refractivity contribution in [3.8, 4) is 0 Å². The second-order valence-corrected chi connectivity index (χ2v) is 7.36. The lowest BCUT2D eigenvalue weighted by Gasteiger charge is -2.32. The number of likely N-dealkylation sites (tertiary alicyclic amines) is 1. The lowest BCUT2D eigenvalue weighted by Crippen LogP contribution is -2.48. The van der Waals surface area contributed by atoms with E-state index in [1.54, 1.807) is 16.2 Å². The average molecular weight is 344 g/mol. The Bertz CT molecular complexity index is 673. The lowest BCUT2D eigenvalue weighted by atomic mass is 10.1. The van der Waals surface area contributed by atoms with Gasteiger partial charge in [-0.25, -0.2) is 9.78 Å². The molecule has 1 aromatic heterocycles. The highest BCUT2D eigenvalue weighted by molar-refractivity contribution is 7.18. The molecule has 1 aliphatic rings. The SMILES string of the molecule is C=CCN1CCC(NC(=O)N(C)Cc2nc3ccccc3s2)CC1. The summed E-state index contributed by atoms with van der Waals surface area (Å²) in [6, 6.07) is 8.31. The molecule has 2 heterocycles. The van der Waals surface area contributed by atoms with Crippen molar-refractivity contribution in [3.63, 3.8) is 0 Å². The van der Waals surface area contributed by atoms with Crippen molar-refractivity contribution in [1.29, 1.82) is 0 Å². The Morgan fingerprint density at radius 2 is 2.21 bits per heavy atom. The Hall–Kier alpha value is -1.92. The van der Waals surface area contributed by atoms with Gasteiger partial charge in [-0.15, -0.1) is 17.9 Å². The van der Waals surface area contributed by atoms with E-state index in [0.717, 1.165) is 47.7 Å². The van der Waals surface area contributed by atoms with Crippen molar-refractivity contribution >= 4 is 27.6 Å². The largest absolute Gasteiger partial charge is 0.335 e. The average Bonchev–Trinajstić information content (AvgIpc) is 2.99. The molecule has 0 atom stereocenters. The monoisotopic (exact) mass is 344 g/mol. The zero-order valence-corrected chi connectivity index (χ0v) is 14.9. The highest BCUT2D eigenvalue weighted by Crippen LogP contribution is 2.22. The number of rotatable bonds is 5. The number of hydrogen-bond acceptors (Lipinski definition) is 4. The number of benzene rings is 1. The van der Waals surface area contributed by atoms with Crippen LogP contribution in [0.15, 0.2) is 36.9 Å². The summed E-state index contributed by atoms with van der Waals surface area (Å²) in [6.45, 7) is 7.27. The molecule has 0 spiro atoms. The molecule has 128 valence electrons. The third-order valence-electron chi connectivity index (χ3n) is 4.36. The van der Waals surface area contributed by atoms with Crippen molar-refractivity contribution in [1.82, 2.24) is 20.1 Å². The van der Waals surface area contributed by atoms with E-state index in [4.69, 9.17) is 0 Å². The van der Waals surface area contributed by atoms with E-state index < -0.39 is 0 Å². The minimum absolute atomic E-state index is 0.0172. The maximum absolute atomic E-state index is 12.4. The minimum atomic E-state index is -0.0172. The number of aromatic nitrogens is 1. The zero-order valence-electron chi connectivity index (χ0n) is 14.1. The maximum Gasteiger partial charge on any atom is 0.317 e. The molecule has 1 aliphatic heterocycles. The van der Waals surface area contributed by atoms with Gasteiger partial charge in [-0.05, 0) is 25.0 Å². The van der Waals surface area contributed by atoms with Crippen LogP contribution >= 0.6 is 11.3 Å². The van der Waals surface area contributed by atoms with E-state index in [1.165, 1.54) is 0 Å². The smallest absolute Gasteiger partial charge is 0.317 e. The number of para-hydroxylation sites is 1. The topological polar surface area (TPSA) is 48.5 Å². The summed E-state index contributed by atoms with van der Waals surface area (Å²) in [5.74, 6) is 0. The van der Waals surface area contributed by atoms with E-state index >= 15 is 0 Å². The van der Waals surface area contributed by atoms with Gasteiger partial charge in [0, 0.05) is 32.7 Å². The molecule has 0 unspecified atom stereocenters. The Kier molecular flexibility index (Phi) is 5.48. The number of carbonyl (C=O) groups is 1. The number of fused-ring (bicyclic) bond motifs is 1. The Morgan fingerprint density at radius 3 is 2.92 bits per heavy atom. The fourth-order valence-electron chi connectivity index (χ4n) is 2.99. The third kappa shape index (κ3) is 4.13. The molecule has 1 fully saturated rings. The standard InChI is InChI=1S/C18H24N4OS/c1-3-10-22-11-8-14(9-12-22)19-18(23)21(2)13-17-20-15-6-4-5-7-16(15)24-17/h3-7,14H,1,8-13H2,2H3,(H,19,23). The van der Waals surface area contributed by atoms with Gasteiger partial charge in [0.05, 0.1) is 16.8 Å². The summed E-state index contributed by atoms with van der Waals surface area (Å²) in [6.07, 6.45) is 3.92. The van der Waals surface area contributed by atoms with Crippen LogP contribution in [0.25, 0.3) is 10.2 Å². The summed E-state index contributed by atoms with van der Waals surface area (Å²) in [5, 5.41) is 4.11. The molecule has 6 heteroatoms. The van der Waals surface area contributed by atoms with Gasteiger partial charge in [0.1, 0.15) is 5.01 Å². The fourth-order valence-corrected chi connectivity index (χ4v) is 4.01. The first-order valence-electron chi connectivity index (χ1n) is 8.35. The normalized spacial score (nSPS) is 16.2. The van der Waals surface area contributed by atoms with Crippen LogP contribution in [0.4, 0.5) is 4.79 Å². The second-order valence-electron chi connectivity index (χ2n) is 6.24. The molecule has 2 amide bonds. The molecule has 3 rings (SSSR count). The van der Waals surface area contributed by atoms with E-state index in [0.29, 0.717) is 6.54 Å². The first kappa shape index (κ1) is 16.9. The van der Waals surface area contributed by atoms with Crippen molar-refractivity contribution < 1.29 is 4.79 Å². The molecule has 1 aromatic carbocycles. The Labute approximate surface area is 147 Å². The van der Waals surface area contributed by atoms with Crippen molar-refractivity contribution in [2.75, 3.05) is 26.7 Å². The van der Waals surface area contributed by atoms with Crippen LogP contribution in [-0.4, -0.2) is 53.5 Å². The van der Waals surface area contributed by atoms with E-state index in [2.05, 4.69) is 27.8 Å². The maximum atomic E-state index is 12.4. The van der Waals surface area contributed by atoms with E-state index in [-0.39, 0.29) is 12.1 Å². The number of hydrogen-bond donors (Lipinski definition) is 1. The van der Waals surface area contributed by atoms with Crippen LogP contribution in [0.3, 0.4) is 0 Å². The first-order valence-corrected chi connectivity index (χ1v) is 9.16. The number of urea groups is 1. The summed E-state index contributed by atoms with van der Waals surface area (Å²) < 4.78 is 1.16. The zero-order chi connectivity index (χ0) is 16.9. The minimum Gasteiger partial charge on any atom is -0.335 e. The quantitative estimate of drug-likeness (QED) is 0.848. The van der Waals surface area contributed by atoms with Gasteiger partial charge < -0.3 is 10.2 Å². The van der Waals surface area contributed by atoms with Gasteiger partial charge in [0.15, 0.2) is 0 Å². The van der Waals surface area contributed by atoms with Crippen LogP contribution in [0.1, 0.15) is 17.8 Å². The number of thiazole rings is 1. The van der Waals surface area contributed by atoms with Crippen molar-refractivity contribution in [3.05, 3.63) is 41.9 Å². The van der Waals surface area contributed by atoms with Gasteiger partial charge in [0.2, 0.25) is 0 Å². The fraction of sp³-hybridized carbons (Fsp3) is 0.444. The predicted octanol–water partition coefficient (Wildman–Crippen LogP) is 3.09. The highest BCUT2D eigenvalue weighted by Gasteiger charge is 2.21. The number of nitrogens with zero attached hydrogens (tertiary/aromatic N) is 3. The number of nitrogens with one attached hydrogen (secondary N) is 1. The van der Waals surface area contributed by atoms with Crippen LogP contribution in [0.2, 0.25) is 0 Å². The summed E-state index contributed by atoms with van der Waals surface area (Å²) in [4.78, 5) is 21.1. The first-order chi connectivity index (χ1) is 11.7. The van der Waals surface area contributed by atoms with Gasteiger partial charge >= 0.3 is 6.03 Å². The van der Waals surface area contributed by atoms with Crippen LogP contribution in [-0.2, 0) is 6.54 Å². The Balaban J connectivity index is 1.50. The van der Waals surface area contributed by atoms with Gasteiger partial charge in [-0.2, -0.15) is 0 Å². The van der Waals surface area contributed by atoms with Crippen molar-refractivity contribution in [2.24, 2.45) is 0 Å². The molecule has 0 aliphatic carbocycles. The van der Waals surface area contributed by atoms with E-state index in [9.17, 15) is 4.79 Å². The lowest BCUT2D eigenvalue weighted by molar-refractivity contribution is 0.183. The molecule has 5 nitrogen and oxygen atoms in total. The third-order valence-corrected chi connectivity index (χ3v) is 5.38. The molecule has 1 N–H and O–H groups in total. The van der Waals surface area contributed by atoms with Crippen LogP contribution < -0.4 is 5.32 Å². The van der Waals surface area contributed by atoms with E-state index in [1.807, 2.05) is 31.3 Å². The molecular formula is C18H24N4OS. The number of amides is 2. The van der Waals surface area contributed by atoms with Gasteiger partial charge in [-0.1, -0.05) is 18.2 Å². The molecule has 0 radical (unpaired) electrons. The number of piperidine rings is 1. The summed E-state index contributed by atoms with van der Waals surface area (Å²) in [7, 11) is 1.83. The molecular weight excluding hydrogens is 320 g/mol. The Morgan fingerprint density at radius 1 is 1.46 bits per heavy atom.